The molecule has 0 radical (unpaired) electrons. The number of rotatable bonds is 2. The van der Waals surface area contributed by atoms with Gasteiger partial charge >= 0.3 is 0 Å². The van der Waals surface area contributed by atoms with Gasteiger partial charge < -0.3 is 0 Å². The first-order valence-electron chi connectivity index (χ1n) is 3.94. The van der Waals surface area contributed by atoms with Gasteiger partial charge in [0, 0.05) is 33.0 Å². The fourth-order valence-corrected chi connectivity index (χ4v) is 3.11. The van der Waals surface area contributed by atoms with Gasteiger partial charge in [0.2, 0.25) is 3.83 Å². The summed E-state index contributed by atoms with van der Waals surface area (Å²) >= 11 is 5.32. The van der Waals surface area contributed by atoms with Crippen LogP contribution in [0.2, 0.25) is 0 Å². The van der Waals surface area contributed by atoms with Crippen molar-refractivity contribution in [2.75, 3.05) is 6.26 Å². The minimum Gasteiger partial charge on any atom is -0.210 e. The Balaban J connectivity index is 2.50. The molecular weight excluding hydrogens is 327 g/mol. The van der Waals surface area contributed by atoms with Crippen LogP contribution in [0.25, 0.3) is 10.6 Å². The Morgan fingerprint density at radius 2 is 2.14 bits per heavy atom. The van der Waals surface area contributed by atoms with Gasteiger partial charge in [0.15, 0.2) is 0 Å². The van der Waals surface area contributed by atoms with Crippen molar-refractivity contribution < 1.29 is 0 Å². The van der Waals surface area contributed by atoms with Gasteiger partial charge in [-0.25, -0.2) is 4.98 Å². The SMILES string of the molecule is CSc1ccccc1-c1nc(I)ns1. The Hall–Kier alpha value is -0.140. The van der Waals surface area contributed by atoms with E-state index in [1.54, 1.807) is 11.8 Å². The molecule has 0 saturated heterocycles. The van der Waals surface area contributed by atoms with Crippen LogP contribution in [-0.4, -0.2) is 15.6 Å². The number of thioether (sulfide) groups is 1. The van der Waals surface area contributed by atoms with Crippen LogP contribution >= 0.6 is 45.9 Å². The van der Waals surface area contributed by atoms with Crippen molar-refractivity contribution in [2.45, 2.75) is 4.90 Å². The predicted octanol–water partition coefficient (Wildman–Crippen LogP) is 3.53. The highest BCUT2D eigenvalue weighted by molar-refractivity contribution is 14.1. The summed E-state index contributed by atoms with van der Waals surface area (Å²) in [6.45, 7) is 0. The number of benzene rings is 1. The molecule has 0 amide bonds. The van der Waals surface area contributed by atoms with E-state index in [4.69, 9.17) is 0 Å². The van der Waals surface area contributed by atoms with E-state index in [0.29, 0.717) is 0 Å². The molecule has 0 N–H and O–H groups in total. The highest BCUT2D eigenvalue weighted by Gasteiger charge is 2.08. The molecule has 2 rings (SSSR count). The van der Waals surface area contributed by atoms with Crippen LogP contribution in [0.3, 0.4) is 0 Å². The number of nitrogens with zero attached hydrogens (tertiary/aromatic N) is 2. The molecule has 1 aromatic heterocycles. The summed E-state index contributed by atoms with van der Waals surface area (Å²) in [5.74, 6) is 0. The van der Waals surface area contributed by atoms with Gasteiger partial charge in [0.05, 0.1) is 0 Å². The molecule has 0 spiro atoms. The van der Waals surface area contributed by atoms with Gasteiger partial charge in [-0.3, -0.25) is 0 Å². The van der Waals surface area contributed by atoms with Gasteiger partial charge in [-0.15, -0.1) is 11.8 Å². The van der Waals surface area contributed by atoms with Crippen molar-refractivity contribution in [3.63, 3.8) is 0 Å². The third kappa shape index (κ3) is 2.09. The summed E-state index contributed by atoms with van der Waals surface area (Å²) < 4.78 is 4.99. The lowest BCUT2D eigenvalue weighted by atomic mass is 10.2. The second-order valence-corrected chi connectivity index (χ2v) is 5.13. The minimum absolute atomic E-state index is 0.818. The molecule has 0 atom stereocenters. The molecule has 0 bridgehead atoms. The second-order valence-electron chi connectivity index (χ2n) is 2.57. The van der Waals surface area contributed by atoms with Gasteiger partial charge in [-0.1, -0.05) is 18.2 Å². The van der Waals surface area contributed by atoms with Crippen molar-refractivity contribution >= 4 is 45.9 Å². The average Bonchev–Trinajstić information content (AvgIpc) is 2.65. The fourth-order valence-electron chi connectivity index (χ4n) is 1.14. The Labute approximate surface area is 104 Å². The second kappa shape index (κ2) is 4.59. The van der Waals surface area contributed by atoms with Crippen molar-refractivity contribution in [1.82, 2.24) is 9.36 Å². The van der Waals surface area contributed by atoms with Crippen LogP contribution < -0.4 is 0 Å². The Bertz CT molecular complexity index is 442. The van der Waals surface area contributed by atoms with Crippen LogP contribution in [-0.2, 0) is 0 Å². The first kappa shape index (κ1) is 10.4. The van der Waals surface area contributed by atoms with E-state index in [1.165, 1.54) is 22.0 Å². The fraction of sp³-hybridized carbons (Fsp3) is 0.111. The monoisotopic (exact) mass is 334 g/mol. The molecule has 2 aromatic rings. The topological polar surface area (TPSA) is 25.8 Å². The molecule has 14 heavy (non-hydrogen) atoms. The van der Waals surface area contributed by atoms with Crippen LogP contribution in [0.15, 0.2) is 29.2 Å². The highest BCUT2D eigenvalue weighted by Crippen LogP contribution is 2.30. The van der Waals surface area contributed by atoms with E-state index in [0.717, 1.165) is 8.84 Å². The number of halogens is 1. The van der Waals surface area contributed by atoms with Crippen LogP contribution in [0.5, 0.6) is 0 Å². The summed E-state index contributed by atoms with van der Waals surface area (Å²) in [7, 11) is 0. The molecular formula is C9H7IN2S2. The van der Waals surface area contributed by atoms with E-state index in [9.17, 15) is 0 Å². The normalized spacial score (nSPS) is 10.4. The molecule has 1 heterocycles. The van der Waals surface area contributed by atoms with Crippen LogP contribution in [0.4, 0.5) is 0 Å². The first-order valence-corrected chi connectivity index (χ1v) is 7.01. The molecule has 0 aliphatic heterocycles. The molecule has 0 unspecified atom stereocenters. The molecule has 1 aromatic carbocycles. The molecule has 0 saturated carbocycles. The number of aromatic nitrogens is 2. The molecule has 72 valence electrons. The largest absolute Gasteiger partial charge is 0.210 e. The zero-order valence-electron chi connectivity index (χ0n) is 7.40. The summed E-state index contributed by atoms with van der Waals surface area (Å²) in [4.78, 5) is 5.62. The van der Waals surface area contributed by atoms with E-state index in [2.05, 4.69) is 50.3 Å². The zero-order chi connectivity index (χ0) is 9.97. The van der Waals surface area contributed by atoms with Crippen molar-refractivity contribution in [3.8, 4) is 10.6 Å². The highest BCUT2D eigenvalue weighted by atomic mass is 127. The maximum atomic E-state index is 4.37. The molecule has 5 heteroatoms. The maximum Gasteiger partial charge on any atom is 0.203 e. The minimum atomic E-state index is 0.818. The van der Waals surface area contributed by atoms with Crippen molar-refractivity contribution in [2.24, 2.45) is 0 Å². The Morgan fingerprint density at radius 1 is 1.36 bits per heavy atom. The van der Waals surface area contributed by atoms with Crippen molar-refractivity contribution in [3.05, 3.63) is 28.1 Å². The average molecular weight is 334 g/mol. The van der Waals surface area contributed by atoms with Crippen LogP contribution in [0.1, 0.15) is 0 Å². The number of hydrogen-bond acceptors (Lipinski definition) is 4. The lowest BCUT2D eigenvalue weighted by Crippen LogP contribution is -1.80. The first-order chi connectivity index (χ1) is 6.81. The van der Waals surface area contributed by atoms with Gasteiger partial charge in [0.1, 0.15) is 5.01 Å². The molecule has 2 nitrogen and oxygen atoms in total. The standard InChI is InChI=1S/C9H7IN2S2/c1-13-7-5-3-2-4-6(7)8-11-9(10)12-14-8/h2-5H,1H3. The molecule has 0 aliphatic rings. The van der Waals surface area contributed by atoms with E-state index in [-0.39, 0.29) is 0 Å². The van der Waals surface area contributed by atoms with E-state index in [1.807, 2.05) is 12.1 Å². The van der Waals surface area contributed by atoms with Gasteiger partial charge in [-0.2, -0.15) is 4.37 Å². The van der Waals surface area contributed by atoms with Gasteiger partial charge in [-0.05, 0) is 23.9 Å². The van der Waals surface area contributed by atoms with E-state index >= 15 is 0 Å². The lowest BCUT2D eigenvalue weighted by Gasteiger charge is -2.01. The van der Waals surface area contributed by atoms with Gasteiger partial charge in [0.25, 0.3) is 0 Å². The quantitative estimate of drug-likeness (QED) is 0.621. The Kier molecular flexibility index (Phi) is 3.40. The summed E-state index contributed by atoms with van der Waals surface area (Å²) in [6, 6.07) is 8.27. The maximum absolute atomic E-state index is 4.37. The summed E-state index contributed by atoms with van der Waals surface area (Å²) in [5, 5.41) is 0.999. The zero-order valence-corrected chi connectivity index (χ0v) is 11.2. The summed E-state index contributed by atoms with van der Waals surface area (Å²) in [5.41, 5.74) is 1.18. The van der Waals surface area contributed by atoms with Crippen molar-refractivity contribution in [1.29, 1.82) is 0 Å². The predicted molar refractivity (Wildman–Crippen MR) is 69.8 cm³/mol. The van der Waals surface area contributed by atoms with E-state index < -0.39 is 0 Å². The molecule has 0 aliphatic carbocycles. The third-order valence-electron chi connectivity index (χ3n) is 1.74. The lowest BCUT2D eigenvalue weighted by molar-refractivity contribution is 1.24. The summed E-state index contributed by atoms with van der Waals surface area (Å²) in [6.07, 6.45) is 2.07. The molecule has 0 fully saturated rings. The Morgan fingerprint density at radius 3 is 2.79 bits per heavy atom. The smallest absolute Gasteiger partial charge is 0.203 e. The van der Waals surface area contributed by atoms with Crippen LogP contribution in [0, 0.1) is 3.83 Å². The third-order valence-corrected chi connectivity index (χ3v) is 4.09. The number of hydrogen-bond donors (Lipinski definition) is 0.